The highest BCUT2D eigenvalue weighted by Gasteiger charge is 2.68. The molecule has 2 fully saturated rings. The van der Waals surface area contributed by atoms with Crippen LogP contribution in [0.2, 0.25) is 0 Å². The van der Waals surface area contributed by atoms with Gasteiger partial charge in [-0.25, -0.2) is 14.6 Å². The van der Waals surface area contributed by atoms with Crippen LogP contribution in [0, 0.1) is 16.7 Å². The second-order valence-electron chi connectivity index (χ2n) is 7.77. The van der Waals surface area contributed by atoms with Gasteiger partial charge in [-0.1, -0.05) is 19.9 Å². The zero-order chi connectivity index (χ0) is 18.5. The molecule has 1 aliphatic carbocycles. The van der Waals surface area contributed by atoms with Crippen molar-refractivity contribution in [3.05, 3.63) is 36.5 Å². The number of hydrogen-bond donors (Lipinski definition) is 0. The van der Waals surface area contributed by atoms with E-state index in [0.717, 1.165) is 6.42 Å². The molecule has 136 valence electrons. The predicted molar refractivity (Wildman–Crippen MR) is 91.4 cm³/mol. The number of carbonyl (C=O) groups is 2. The zero-order valence-corrected chi connectivity index (χ0v) is 15.0. The first-order chi connectivity index (χ1) is 12.4. The molecule has 2 aromatic rings. The maximum Gasteiger partial charge on any atom is 0.314 e. The Bertz CT molecular complexity index is 863. The number of likely N-dealkylation sites (tertiary alicyclic amines) is 1. The molecule has 1 saturated heterocycles. The molecule has 26 heavy (non-hydrogen) atoms. The molecular weight excluding hydrogens is 334 g/mol. The average molecular weight is 355 g/mol. The van der Waals surface area contributed by atoms with E-state index in [1.807, 2.05) is 0 Å². The molecule has 3 heterocycles. The molecule has 0 unspecified atom stereocenters. The van der Waals surface area contributed by atoms with E-state index in [-0.39, 0.29) is 23.2 Å². The third-order valence-electron chi connectivity index (χ3n) is 5.74. The van der Waals surface area contributed by atoms with Gasteiger partial charge in [-0.2, -0.15) is 5.10 Å². The van der Waals surface area contributed by atoms with E-state index in [4.69, 9.17) is 4.74 Å². The standard InChI is InChI=1S/C18H21N5O3/c1-17(2)8-18(16(25)26-3)9-22(7-13(17)18)15(24)12-5-4-6-14(21-12)23-11-19-10-20-23/h4-6,10-11,13H,7-9H2,1-3H3/t13-,18+/m1/s1. The number of amides is 1. The fourth-order valence-corrected chi connectivity index (χ4v) is 4.69. The minimum Gasteiger partial charge on any atom is -0.469 e. The third-order valence-corrected chi connectivity index (χ3v) is 5.74. The van der Waals surface area contributed by atoms with Crippen molar-refractivity contribution in [3.8, 4) is 5.82 Å². The van der Waals surface area contributed by atoms with E-state index in [2.05, 4.69) is 28.9 Å². The molecule has 1 saturated carbocycles. The molecule has 2 atom stereocenters. The summed E-state index contributed by atoms with van der Waals surface area (Å²) >= 11 is 0. The van der Waals surface area contributed by atoms with Crippen LogP contribution in [0.25, 0.3) is 5.82 Å². The van der Waals surface area contributed by atoms with Crippen LogP contribution in [0.3, 0.4) is 0 Å². The van der Waals surface area contributed by atoms with Crippen molar-refractivity contribution in [2.45, 2.75) is 20.3 Å². The number of aromatic nitrogens is 4. The Balaban J connectivity index is 1.60. The Morgan fingerprint density at radius 3 is 2.77 bits per heavy atom. The number of fused-ring (bicyclic) bond motifs is 1. The van der Waals surface area contributed by atoms with Gasteiger partial charge >= 0.3 is 5.97 Å². The van der Waals surface area contributed by atoms with Crippen LogP contribution in [0.1, 0.15) is 30.8 Å². The van der Waals surface area contributed by atoms with E-state index < -0.39 is 5.41 Å². The molecule has 0 N–H and O–H groups in total. The van der Waals surface area contributed by atoms with E-state index in [1.165, 1.54) is 24.4 Å². The van der Waals surface area contributed by atoms with E-state index in [1.54, 1.807) is 23.1 Å². The van der Waals surface area contributed by atoms with Crippen LogP contribution in [-0.2, 0) is 9.53 Å². The highest BCUT2D eigenvalue weighted by atomic mass is 16.5. The van der Waals surface area contributed by atoms with Crippen molar-refractivity contribution in [2.75, 3.05) is 20.2 Å². The monoisotopic (exact) mass is 355 g/mol. The number of hydrogen-bond acceptors (Lipinski definition) is 6. The summed E-state index contributed by atoms with van der Waals surface area (Å²) in [4.78, 5) is 35.5. The second kappa shape index (κ2) is 5.62. The van der Waals surface area contributed by atoms with Gasteiger partial charge in [0.25, 0.3) is 5.91 Å². The molecule has 2 aromatic heterocycles. The van der Waals surface area contributed by atoms with Crippen molar-refractivity contribution in [1.29, 1.82) is 0 Å². The minimum atomic E-state index is -0.586. The molecular formula is C18H21N5O3. The number of carbonyl (C=O) groups excluding carboxylic acids is 2. The maximum atomic E-state index is 13.0. The molecule has 4 rings (SSSR count). The molecule has 0 radical (unpaired) electrons. The lowest BCUT2D eigenvalue weighted by molar-refractivity contribution is -0.174. The zero-order valence-electron chi connectivity index (χ0n) is 15.0. The van der Waals surface area contributed by atoms with Crippen LogP contribution in [0.15, 0.2) is 30.9 Å². The van der Waals surface area contributed by atoms with Gasteiger partial charge in [0.15, 0.2) is 5.82 Å². The molecule has 0 aromatic carbocycles. The van der Waals surface area contributed by atoms with Crippen molar-refractivity contribution in [1.82, 2.24) is 24.6 Å². The van der Waals surface area contributed by atoms with Crippen molar-refractivity contribution in [2.24, 2.45) is 16.7 Å². The summed E-state index contributed by atoms with van der Waals surface area (Å²) in [6, 6.07) is 5.21. The molecule has 1 amide bonds. The number of nitrogens with zero attached hydrogens (tertiary/aromatic N) is 5. The highest BCUT2D eigenvalue weighted by molar-refractivity contribution is 5.94. The fourth-order valence-electron chi connectivity index (χ4n) is 4.69. The highest BCUT2D eigenvalue weighted by Crippen LogP contribution is 2.63. The smallest absolute Gasteiger partial charge is 0.314 e. The molecule has 0 bridgehead atoms. The summed E-state index contributed by atoms with van der Waals surface area (Å²) in [5.41, 5.74) is -0.242. The quantitative estimate of drug-likeness (QED) is 0.772. The normalized spacial score (nSPS) is 26.1. The SMILES string of the molecule is COC(=O)[C@@]12CN(C(=O)c3cccc(-n4cncn4)n3)C[C@@H]1C(C)(C)C2. The average Bonchev–Trinajstić information content (AvgIpc) is 3.27. The number of rotatable bonds is 3. The van der Waals surface area contributed by atoms with E-state index >= 15 is 0 Å². The van der Waals surface area contributed by atoms with Gasteiger partial charge in [0, 0.05) is 13.1 Å². The lowest BCUT2D eigenvalue weighted by Crippen LogP contribution is -2.57. The van der Waals surface area contributed by atoms with Crippen LogP contribution >= 0.6 is 0 Å². The van der Waals surface area contributed by atoms with Crippen LogP contribution in [0.5, 0.6) is 0 Å². The largest absolute Gasteiger partial charge is 0.469 e. The summed E-state index contributed by atoms with van der Waals surface area (Å²) in [6.07, 6.45) is 3.67. The first kappa shape index (κ1) is 16.7. The van der Waals surface area contributed by atoms with Gasteiger partial charge in [-0.3, -0.25) is 9.59 Å². The molecule has 0 spiro atoms. The predicted octanol–water partition coefficient (Wildman–Crippen LogP) is 1.32. The number of methoxy groups -OCH3 is 1. The second-order valence-corrected chi connectivity index (χ2v) is 7.77. The van der Waals surface area contributed by atoms with Crippen LogP contribution < -0.4 is 0 Å². The van der Waals surface area contributed by atoms with Crippen molar-refractivity contribution >= 4 is 11.9 Å². The number of pyridine rings is 1. The molecule has 8 heteroatoms. The Labute approximate surface area is 151 Å². The van der Waals surface area contributed by atoms with Gasteiger partial charge in [0.2, 0.25) is 0 Å². The summed E-state index contributed by atoms with van der Waals surface area (Å²) < 4.78 is 6.55. The summed E-state index contributed by atoms with van der Waals surface area (Å²) in [7, 11) is 1.41. The van der Waals surface area contributed by atoms with E-state index in [0.29, 0.717) is 24.6 Å². The summed E-state index contributed by atoms with van der Waals surface area (Å²) in [6.45, 7) is 5.19. The molecule has 1 aliphatic heterocycles. The minimum absolute atomic E-state index is 0.0131. The number of ether oxygens (including phenoxy) is 1. The molecule has 2 aliphatic rings. The van der Waals surface area contributed by atoms with Crippen molar-refractivity contribution < 1.29 is 14.3 Å². The third kappa shape index (κ3) is 2.32. The Hall–Kier alpha value is -2.77. The van der Waals surface area contributed by atoms with Crippen LogP contribution in [-0.4, -0.2) is 56.7 Å². The van der Waals surface area contributed by atoms with Crippen molar-refractivity contribution in [3.63, 3.8) is 0 Å². The lowest BCUT2D eigenvalue weighted by Gasteiger charge is -2.54. The Morgan fingerprint density at radius 1 is 1.31 bits per heavy atom. The summed E-state index contributed by atoms with van der Waals surface area (Å²) in [5, 5.41) is 4.04. The fraction of sp³-hybridized carbons (Fsp3) is 0.500. The topological polar surface area (TPSA) is 90.2 Å². The van der Waals surface area contributed by atoms with Gasteiger partial charge in [-0.15, -0.1) is 0 Å². The first-order valence-corrected chi connectivity index (χ1v) is 8.57. The maximum absolute atomic E-state index is 13.0. The van der Waals surface area contributed by atoms with Crippen LogP contribution in [0.4, 0.5) is 0 Å². The number of esters is 1. The van der Waals surface area contributed by atoms with Gasteiger partial charge in [-0.05, 0) is 29.9 Å². The van der Waals surface area contributed by atoms with Gasteiger partial charge < -0.3 is 9.64 Å². The summed E-state index contributed by atoms with van der Waals surface area (Å²) in [5.74, 6) is 0.227. The Kier molecular flexibility index (Phi) is 3.61. The van der Waals surface area contributed by atoms with Gasteiger partial charge in [0.1, 0.15) is 18.3 Å². The van der Waals surface area contributed by atoms with E-state index in [9.17, 15) is 9.59 Å². The lowest BCUT2D eigenvalue weighted by atomic mass is 9.48. The first-order valence-electron chi connectivity index (χ1n) is 8.57. The van der Waals surface area contributed by atoms with Gasteiger partial charge in [0.05, 0.1) is 12.5 Å². The molecule has 8 nitrogen and oxygen atoms in total. The Morgan fingerprint density at radius 2 is 2.12 bits per heavy atom.